The Bertz CT molecular complexity index is 490. The van der Waals surface area contributed by atoms with Crippen LogP contribution in [0.1, 0.15) is 22.0 Å². The van der Waals surface area contributed by atoms with Gasteiger partial charge in [0.05, 0.1) is 6.04 Å². The summed E-state index contributed by atoms with van der Waals surface area (Å²) in [7, 11) is 3.98. The quantitative estimate of drug-likeness (QED) is 0.864. The molecular weight excluding hydrogens is 228 g/mol. The lowest BCUT2D eigenvalue weighted by Gasteiger charge is -2.19. The first-order valence-corrected chi connectivity index (χ1v) is 6.63. The topological polar surface area (TPSA) is 24.1 Å². The van der Waals surface area contributed by atoms with Gasteiger partial charge in [-0.05, 0) is 42.6 Å². The van der Waals surface area contributed by atoms with E-state index in [0.29, 0.717) is 0 Å². The number of hydrogen-bond acceptors (Lipinski definition) is 3. The highest BCUT2D eigenvalue weighted by atomic mass is 32.1. The molecule has 1 aromatic heterocycles. The molecule has 90 valence electrons. The van der Waals surface area contributed by atoms with Gasteiger partial charge in [-0.15, -0.1) is 11.3 Å². The van der Waals surface area contributed by atoms with Crippen LogP contribution in [0.2, 0.25) is 0 Å². The van der Waals surface area contributed by atoms with Gasteiger partial charge in [-0.2, -0.15) is 0 Å². The Hall–Kier alpha value is -1.32. The van der Waals surface area contributed by atoms with E-state index in [9.17, 15) is 0 Å². The van der Waals surface area contributed by atoms with E-state index in [2.05, 4.69) is 53.3 Å². The van der Waals surface area contributed by atoms with Crippen LogP contribution in [0.5, 0.6) is 0 Å². The summed E-state index contributed by atoms with van der Waals surface area (Å²) < 4.78 is 0. The minimum Gasteiger partial charge on any atom is -0.388 e. The van der Waals surface area contributed by atoms with Gasteiger partial charge in [0, 0.05) is 17.6 Å². The molecule has 0 bridgehead atoms. The Kier molecular flexibility index (Phi) is 3.82. The standard InChI is InChI=1S/C14H18N2S/c1-10-8-9-17-14(10)13(16-3)11-6-4-5-7-12(11)15-2/h4-9,13,15-16H,1-3H3. The van der Waals surface area contributed by atoms with Crippen molar-refractivity contribution < 1.29 is 0 Å². The van der Waals surface area contributed by atoms with Gasteiger partial charge in [-0.25, -0.2) is 0 Å². The molecular formula is C14H18N2S. The van der Waals surface area contributed by atoms with Gasteiger partial charge in [-0.1, -0.05) is 18.2 Å². The fraction of sp³-hybridized carbons (Fsp3) is 0.286. The molecule has 1 aromatic carbocycles. The minimum absolute atomic E-state index is 0.263. The SMILES string of the molecule is CNc1ccccc1C(NC)c1sccc1C. The summed E-state index contributed by atoms with van der Waals surface area (Å²) in [5.74, 6) is 0. The molecule has 2 N–H and O–H groups in total. The first-order valence-electron chi connectivity index (χ1n) is 5.76. The van der Waals surface area contributed by atoms with Gasteiger partial charge in [0.25, 0.3) is 0 Å². The van der Waals surface area contributed by atoms with E-state index in [1.54, 1.807) is 11.3 Å². The molecule has 1 heterocycles. The maximum absolute atomic E-state index is 3.41. The van der Waals surface area contributed by atoms with Crippen LogP contribution in [0, 0.1) is 6.92 Å². The van der Waals surface area contributed by atoms with Crippen molar-refractivity contribution in [3.8, 4) is 0 Å². The van der Waals surface area contributed by atoms with Gasteiger partial charge in [0.1, 0.15) is 0 Å². The Morgan fingerprint density at radius 2 is 1.88 bits per heavy atom. The molecule has 0 saturated heterocycles. The number of rotatable bonds is 4. The van der Waals surface area contributed by atoms with Crippen LogP contribution < -0.4 is 10.6 Å². The Balaban J connectivity index is 2.46. The van der Waals surface area contributed by atoms with Gasteiger partial charge in [0.2, 0.25) is 0 Å². The molecule has 0 aliphatic heterocycles. The fourth-order valence-electron chi connectivity index (χ4n) is 2.08. The van der Waals surface area contributed by atoms with Crippen molar-refractivity contribution in [2.45, 2.75) is 13.0 Å². The molecule has 0 amide bonds. The van der Waals surface area contributed by atoms with Gasteiger partial charge >= 0.3 is 0 Å². The highest BCUT2D eigenvalue weighted by Gasteiger charge is 2.17. The number of thiophene rings is 1. The summed E-state index contributed by atoms with van der Waals surface area (Å²) in [6, 6.07) is 10.9. The summed E-state index contributed by atoms with van der Waals surface area (Å²) in [5, 5.41) is 8.81. The van der Waals surface area contributed by atoms with E-state index in [-0.39, 0.29) is 6.04 Å². The summed E-state index contributed by atoms with van der Waals surface area (Å²) in [6.45, 7) is 2.16. The van der Waals surface area contributed by atoms with Crippen molar-refractivity contribution >= 4 is 17.0 Å². The van der Waals surface area contributed by atoms with Gasteiger partial charge in [-0.3, -0.25) is 0 Å². The Morgan fingerprint density at radius 3 is 2.47 bits per heavy atom. The highest BCUT2D eigenvalue weighted by Crippen LogP contribution is 2.32. The molecule has 2 nitrogen and oxygen atoms in total. The fourth-order valence-corrected chi connectivity index (χ4v) is 3.14. The molecule has 2 aromatic rings. The minimum atomic E-state index is 0.263. The van der Waals surface area contributed by atoms with Crippen molar-refractivity contribution in [3.63, 3.8) is 0 Å². The molecule has 1 atom stereocenters. The van der Waals surface area contributed by atoms with Crippen LogP contribution in [-0.2, 0) is 0 Å². The van der Waals surface area contributed by atoms with Crippen LogP contribution in [0.15, 0.2) is 35.7 Å². The Morgan fingerprint density at radius 1 is 1.12 bits per heavy atom. The third-order valence-corrected chi connectivity index (χ3v) is 4.08. The van der Waals surface area contributed by atoms with E-state index >= 15 is 0 Å². The van der Waals surface area contributed by atoms with Crippen molar-refractivity contribution in [2.24, 2.45) is 0 Å². The van der Waals surface area contributed by atoms with Crippen LogP contribution in [0.4, 0.5) is 5.69 Å². The largest absolute Gasteiger partial charge is 0.388 e. The second kappa shape index (κ2) is 5.34. The van der Waals surface area contributed by atoms with E-state index in [1.165, 1.54) is 21.7 Å². The number of benzene rings is 1. The number of aryl methyl sites for hydroxylation is 1. The number of anilines is 1. The first-order chi connectivity index (χ1) is 8.27. The maximum Gasteiger partial charge on any atom is 0.0691 e. The average Bonchev–Trinajstić information content (AvgIpc) is 2.78. The summed E-state index contributed by atoms with van der Waals surface area (Å²) in [6.07, 6.45) is 0. The zero-order chi connectivity index (χ0) is 12.3. The van der Waals surface area contributed by atoms with Crippen LogP contribution in [-0.4, -0.2) is 14.1 Å². The lowest BCUT2D eigenvalue weighted by molar-refractivity contribution is 0.702. The molecule has 0 fully saturated rings. The summed E-state index contributed by atoms with van der Waals surface area (Å²) in [4.78, 5) is 1.38. The van der Waals surface area contributed by atoms with Gasteiger partial charge < -0.3 is 10.6 Å². The lowest BCUT2D eigenvalue weighted by Crippen LogP contribution is -2.18. The molecule has 0 spiro atoms. The predicted molar refractivity (Wildman–Crippen MR) is 75.9 cm³/mol. The van der Waals surface area contributed by atoms with Crippen molar-refractivity contribution in [1.82, 2.24) is 5.32 Å². The molecule has 0 radical (unpaired) electrons. The monoisotopic (exact) mass is 246 g/mol. The van der Waals surface area contributed by atoms with E-state index in [0.717, 1.165) is 0 Å². The van der Waals surface area contributed by atoms with E-state index < -0.39 is 0 Å². The highest BCUT2D eigenvalue weighted by molar-refractivity contribution is 7.10. The van der Waals surface area contributed by atoms with Crippen LogP contribution in [0.3, 0.4) is 0 Å². The maximum atomic E-state index is 3.41. The normalized spacial score (nSPS) is 12.4. The zero-order valence-electron chi connectivity index (χ0n) is 10.4. The predicted octanol–water partition coefficient (Wildman–Crippen LogP) is 3.41. The second-order valence-corrected chi connectivity index (χ2v) is 4.97. The molecule has 2 rings (SSSR count). The molecule has 1 unspecified atom stereocenters. The number of para-hydroxylation sites is 1. The molecule has 0 saturated carbocycles. The van der Waals surface area contributed by atoms with Crippen molar-refractivity contribution in [2.75, 3.05) is 19.4 Å². The number of hydrogen-bond donors (Lipinski definition) is 2. The van der Waals surface area contributed by atoms with Crippen molar-refractivity contribution in [1.29, 1.82) is 0 Å². The van der Waals surface area contributed by atoms with Crippen LogP contribution in [0.25, 0.3) is 0 Å². The second-order valence-electron chi connectivity index (χ2n) is 4.03. The molecule has 0 aliphatic rings. The van der Waals surface area contributed by atoms with E-state index in [4.69, 9.17) is 0 Å². The average molecular weight is 246 g/mol. The van der Waals surface area contributed by atoms with Crippen molar-refractivity contribution in [3.05, 3.63) is 51.7 Å². The summed E-state index contributed by atoms with van der Waals surface area (Å²) >= 11 is 1.81. The molecule has 17 heavy (non-hydrogen) atoms. The van der Waals surface area contributed by atoms with Crippen LogP contribution >= 0.6 is 11.3 Å². The Labute approximate surface area is 107 Å². The molecule has 0 aliphatic carbocycles. The lowest BCUT2D eigenvalue weighted by atomic mass is 10.0. The van der Waals surface area contributed by atoms with E-state index in [1.807, 2.05) is 14.1 Å². The zero-order valence-corrected chi connectivity index (χ0v) is 11.3. The number of nitrogens with one attached hydrogen (secondary N) is 2. The molecule has 3 heteroatoms. The van der Waals surface area contributed by atoms with Gasteiger partial charge in [0.15, 0.2) is 0 Å². The first kappa shape index (κ1) is 12.1. The third-order valence-electron chi connectivity index (χ3n) is 2.99. The summed E-state index contributed by atoms with van der Waals surface area (Å²) in [5.41, 5.74) is 3.82. The smallest absolute Gasteiger partial charge is 0.0691 e. The third kappa shape index (κ3) is 2.35.